The number of rotatable bonds is 6. The van der Waals surface area contributed by atoms with E-state index < -0.39 is 6.10 Å². The Morgan fingerprint density at radius 1 is 1.36 bits per heavy atom. The van der Waals surface area contributed by atoms with Crippen molar-refractivity contribution < 1.29 is 14.6 Å². The quantitative estimate of drug-likeness (QED) is 0.868. The van der Waals surface area contributed by atoms with Crippen LogP contribution in [0.2, 0.25) is 0 Å². The molecule has 3 atom stereocenters. The number of amides is 1. The average molecular weight is 343 g/mol. The fourth-order valence-electron chi connectivity index (χ4n) is 3.36. The van der Waals surface area contributed by atoms with E-state index in [1.54, 1.807) is 22.8 Å². The van der Waals surface area contributed by atoms with Gasteiger partial charge in [-0.25, -0.2) is 0 Å². The van der Waals surface area contributed by atoms with E-state index in [-0.39, 0.29) is 18.1 Å². The molecule has 1 aliphatic carbocycles. The lowest BCUT2D eigenvalue weighted by atomic mass is 10.1. The van der Waals surface area contributed by atoms with Crippen LogP contribution in [0.1, 0.15) is 24.8 Å². The number of benzene rings is 1. The summed E-state index contributed by atoms with van der Waals surface area (Å²) in [6.07, 6.45) is 5.30. The Morgan fingerprint density at radius 3 is 2.80 bits per heavy atom. The smallest absolute Gasteiger partial charge is 0.222 e. The molecule has 1 saturated carbocycles. The molecule has 0 unspecified atom stereocenters. The molecule has 1 aliphatic rings. The predicted octanol–water partition coefficient (Wildman–Crippen LogP) is 1.78. The third kappa shape index (κ3) is 4.20. The lowest BCUT2D eigenvalue weighted by molar-refractivity contribution is -0.134. The van der Waals surface area contributed by atoms with Crippen molar-refractivity contribution in [3.8, 4) is 5.75 Å². The van der Waals surface area contributed by atoms with Crippen molar-refractivity contribution in [2.24, 2.45) is 7.05 Å². The molecule has 1 heterocycles. The predicted molar refractivity (Wildman–Crippen MR) is 94.2 cm³/mol. The summed E-state index contributed by atoms with van der Waals surface area (Å²) in [5.41, 5.74) is 1.04. The minimum Gasteiger partial charge on any atom is -0.488 e. The van der Waals surface area contributed by atoms with Crippen LogP contribution in [0.4, 0.5) is 0 Å². The average Bonchev–Trinajstić information content (AvgIpc) is 3.19. The summed E-state index contributed by atoms with van der Waals surface area (Å²) in [5, 5.41) is 14.7. The molecule has 0 bridgehead atoms. The van der Waals surface area contributed by atoms with Gasteiger partial charge in [-0.05, 0) is 37.0 Å². The number of aryl methyl sites for hydroxylation is 2. The second-order valence-electron chi connectivity index (χ2n) is 6.63. The van der Waals surface area contributed by atoms with Crippen molar-refractivity contribution in [1.82, 2.24) is 14.7 Å². The highest BCUT2D eigenvalue weighted by Gasteiger charge is 2.39. The van der Waals surface area contributed by atoms with E-state index in [1.165, 1.54) is 0 Å². The van der Waals surface area contributed by atoms with Gasteiger partial charge in [0.25, 0.3) is 0 Å². The molecule has 1 N–H and O–H groups in total. The number of carbonyl (C=O) groups is 1. The molecule has 25 heavy (non-hydrogen) atoms. The van der Waals surface area contributed by atoms with Gasteiger partial charge in [-0.1, -0.05) is 18.2 Å². The Bertz CT molecular complexity index is 701. The molecule has 6 heteroatoms. The highest BCUT2D eigenvalue weighted by atomic mass is 16.5. The Balaban J connectivity index is 1.53. The fraction of sp³-hybridized carbons (Fsp3) is 0.474. The zero-order valence-electron chi connectivity index (χ0n) is 14.7. The van der Waals surface area contributed by atoms with Crippen LogP contribution in [-0.2, 0) is 18.3 Å². The molecule has 134 valence electrons. The zero-order valence-corrected chi connectivity index (χ0v) is 14.7. The molecular formula is C19H25N3O3. The lowest BCUT2D eigenvalue weighted by Gasteiger charge is -2.29. The Hall–Kier alpha value is -2.34. The third-order valence-electron chi connectivity index (χ3n) is 4.83. The van der Waals surface area contributed by atoms with Crippen LogP contribution < -0.4 is 4.74 Å². The van der Waals surface area contributed by atoms with Crippen LogP contribution >= 0.6 is 0 Å². The number of carbonyl (C=O) groups excluding carboxylic acids is 1. The van der Waals surface area contributed by atoms with Gasteiger partial charge < -0.3 is 14.7 Å². The number of aliphatic hydroxyl groups excluding tert-OH is 1. The second-order valence-corrected chi connectivity index (χ2v) is 6.63. The van der Waals surface area contributed by atoms with E-state index in [9.17, 15) is 9.90 Å². The van der Waals surface area contributed by atoms with E-state index in [0.717, 1.165) is 24.2 Å². The summed E-state index contributed by atoms with van der Waals surface area (Å²) in [4.78, 5) is 14.1. The van der Waals surface area contributed by atoms with Crippen molar-refractivity contribution in [3.05, 3.63) is 48.3 Å². The summed E-state index contributed by atoms with van der Waals surface area (Å²) >= 11 is 0. The minimum atomic E-state index is -0.674. The van der Waals surface area contributed by atoms with Crippen LogP contribution in [0.25, 0.3) is 0 Å². The number of ether oxygens (including phenoxy) is 1. The first kappa shape index (κ1) is 17.5. The van der Waals surface area contributed by atoms with Crippen LogP contribution in [0.15, 0.2) is 42.7 Å². The normalized spacial score (nSPS) is 22.8. The van der Waals surface area contributed by atoms with E-state index in [4.69, 9.17) is 4.74 Å². The number of likely N-dealkylation sites (N-methyl/N-ethyl adjacent to an activating group) is 1. The van der Waals surface area contributed by atoms with Crippen LogP contribution in [0.3, 0.4) is 0 Å². The highest BCUT2D eigenvalue weighted by Crippen LogP contribution is 2.28. The van der Waals surface area contributed by atoms with Gasteiger partial charge in [-0.2, -0.15) is 5.10 Å². The first-order valence-corrected chi connectivity index (χ1v) is 8.67. The first-order chi connectivity index (χ1) is 12.0. The molecule has 1 aromatic carbocycles. The van der Waals surface area contributed by atoms with Gasteiger partial charge in [0.1, 0.15) is 18.0 Å². The Kier molecular flexibility index (Phi) is 5.38. The van der Waals surface area contributed by atoms with E-state index in [0.29, 0.717) is 12.8 Å². The van der Waals surface area contributed by atoms with Crippen molar-refractivity contribution in [1.29, 1.82) is 0 Å². The van der Waals surface area contributed by atoms with Gasteiger partial charge in [-0.3, -0.25) is 9.48 Å². The molecule has 0 saturated heterocycles. The van der Waals surface area contributed by atoms with E-state index >= 15 is 0 Å². The van der Waals surface area contributed by atoms with Crippen molar-refractivity contribution in [2.75, 3.05) is 7.05 Å². The van der Waals surface area contributed by atoms with Crippen LogP contribution in [0, 0.1) is 0 Å². The van der Waals surface area contributed by atoms with E-state index in [1.807, 2.05) is 43.6 Å². The standard InChI is InChI=1S/C19H25N3O3/c1-21-13-14(12-20-21)8-11-18(23)22(2)16-9-10-17(19(16)24)25-15-6-4-3-5-7-15/h3-7,12-13,16-17,19,24H,8-11H2,1-2H3/t16-,17+,19+/m1/s1. The highest BCUT2D eigenvalue weighted by molar-refractivity contribution is 5.76. The maximum atomic E-state index is 12.5. The monoisotopic (exact) mass is 343 g/mol. The van der Waals surface area contributed by atoms with Crippen LogP contribution in [-0.4, -0.2) is 51.0 Å². The Labute approximate surface area is 148 Å². The molecule has 0 spiro atoms. The topological polar surface area (TPSA) is 67.6 Å². The second kappa shape index (κ2) is 7.70. The molecule has 0 radical (unpaired) electrons. The molecule has 1 aromatic heterocycles. The number of hydrogen-bond acceptors (Lipinski definition) is 4. The summed E-state index contributed by atoms with van der Waals surface area (Å²) in [6, 6.07) is 9.29. The van der Waals surface area contributed by atoms with Gasteiger partial charge in [-0.15, -0.1) is 0 Å². The maximum absolute atomic E-state index is 12.5. The van der Waals surface area contributed by atoms with Crippen molar-refractivity contribution in [2.45, 2.75) is 43.9 Å². The fourth-order valence-corrected chi connectivity index (χ4v) is 3.36. The lowest BCUT2D eigenvalue weighted by Crippen LogP contribution is -2.45. The first-order valence-electron chi connectivity index (χ1n) is 8.67. The van der Waals surface area contributed by atoms with Gasteiger partial charge in [0.15, 0.2) is 0 Å². The summed E-state index contributed by atoms with van der Waals surface area (Å²) in [5.74, 6) is 0.783. The van der Waals surface area contributed by atoms with Crippen molar-refractivity contribution >= 4 is 5.91 Å². The van der Waals surface area contributed by atoms with Gasteiger partial charge in [0, 0.05) is 26.7 Å². The summed E-state index contributed by atoms with van der Waals surface area (Å²) < 4.78 is 7.61. The van der Waals surface area contributed by atoms with E-state index in [2.05, 4.69) is 5.10 Å². The molecule has 1 fully saturated rings. The third-order valence-corrected chi connectivity index (χ3v) is 4.83. The summed E-state index contributed by atoms with van der Waals surface area (Å²) in [7, 11) is 3.63. The molecule has 2 aromatic rings. The SMILES string of the molecule is CN(C(=O)CCc1cnn(C)c1)[C@@H]1CC[C@H](Oc2ccccc2)[C@H]1O. The largest absolute Gasteiger partial charge is 0.488 e. The molecule has 3 rings (SSSR count). The number of hydrogen-bond donors (Lipinski definition) is 1. The van der Waals surface area contributed by atoms with Gasteiger partial charge >= 0.3 is 0 Å². The number of nitrogens with zero attached hydrogens (tertiary/aromatic N) is 3. The molecule has 1 amide bonds. The Morgan fingerprint density at radius 2 is 2.12 bits per heavy atom. The zero-order chi connectivity index (χ0) is 17.8. The molecular weight excluding hydrogens is 318 g/mol. The summed E-state index contributed by atoms with van der Waals surface area (Å²) in [6.45, 7) is 0. The minimum absolute atomic E-state index is 0.0354. The number of aromatic nitrogens is 2. The van der Waals surface area contributed by atoms with Gasteiger partial charge in [0.05, 0.1) is 12.2 Å². The molecule has 0 aliphatic heterocycles. The number of para-hydroxylation sites is 1. The maximum Gasteiger partial charge on any atom is 0.222 e. The van der Waals surface area contributed by atoms with Gasteiger partial charge in [0.2, 0.25) is 5.91 Å². The number of aliphatic hydroxyl groups is 1. The van der Waals surface area contributed by atoms with Crippen LogP contribution in [0.5, 0.6) is 5.75 Å². The molecule has 6 nitrogen and oxygen atoms in total. The van der Waals surface area contributed by atoms with Crippen molar-refractivity contribution in [3.63, 3.8) is 0 Å².